The van der Waals surface area contributed by atoms with E-state index in [1.807, 2.05) is 0 Å². The van der Waals surface area contributed by atoms with Gasteiger partial charge in [-0.15, -0.1) is 0 Å². The molecule has 1 aromatic carbocycles. The maximum absolute atomic E-state index is 13.7. The Morgan fingerprint density at radius 1 is 1.16 bits per heavy atom. The van der Waals surface area contributed by atoms with E-state index in [-0.39, 0.29) is 19.6 Å². The van der Waals surface area contributed by atoms with Crippen LogP contribution in [0.15, 0.2) is 24.3 Å². The number of nitrogens with one attached hydrogen (secondary N) is 2. The normalized spacial score (nSPS) is 13.7. The van der Waals surface area contributed by atoms with Gasteiger partial charge in [0.2, 0.25) is 5.91 Å². The van der Waals surface area contributed by atoms with Crippen LogP contribution in [0.3, 0.4) is 0 Å². The number of rotatable bonds is 8. The average Bonchev–Trinajstić information content (AvgIpc) is 2.57. The molecule has 0 bridgehead atoms. The highest BCUT2D eigenvalue weighted by atomic mass is 19.4. The number of ether oxygens (including phenoxy) is 2. The molecule has 0 unspecified atom stereocenters. The topological polar surface area (TPSA) is 76.7 Å². The third-order valence-corrected chi connectivity index (χ3v) is 3.39. The summed E-state index contributed by atoms with van der Waals surface area (Å²) in [5.41, 5.74) is -2.97. The van der Waals surface area contributed by atoms with E-state index in [2.05, 4.69) is 10.1 Å². The molecule has 1 rings (SSSR count). The number of methoxy groups -OCH3 is 1. The first kappa shape index (κ1) is 20.8. The third-order valence-electron chi connectivity index (χ3n) is 3.39. The Hall–Kier alpha value is -2.29. The van der Waals surface area contributed by atoms with E-state index in [4.69, 9.17) is 4.74 Å². The van der Waals surface area contributed by atoms with Gasteiger partial charge in [-0.25, -0.2) is 4.79 Å². The fourth-order valence-electron chi connectivity index (χ4n) is 2.07. The molecule has 2 N–H and O–H groups in total. The Morgan fingerprint density at radius 2 is 1.80 bits per heavy atom. The second-order valence-corrected chi connectivity index (χ2v) is 5.04. The summed E-state index contributed by atoms with van der Waals surface area (Å²) in [4.78, 5) is 23.7. The summed E-state index contributed by atoms with van der Waals surface area (Å²) in [6.07, 6.45) is -5.35. The number of benzene rings is 1. The van der Waals surface area contributed by atoms with Crippen LogP contribution in [0.25, 0.3) is 0 Å². The number of amides is 1. The van der Waals surface area contributed by atoms with Crippen molar-refractivity contribution in [3.05, 3.63) is 29.8 Å². The molecule has 0 saturated heterocycles. The van der Waals surface area contributed by atoms with Crippen LogP contribution in [0.4, 0.5) is 13.2 Å². The molecule has 0 heterocycles. The van der Waals surface area contributed by atoms with Crippen LogP contribution in [0.5, 0.6) is 5.75 Å². The van der Waals surface area contributed by atoms with Crippen LogP contribution in [-0.2, 0) is 20.9 Å². The summed E-state index contributed by atoms with van der Waals surface area (Å²) >= 11 is 0. The molecule has 0 radical (unpaired) electrons. The number of hydrogen-bond acceptors (Lipinski definition) is 5. The van der Waals surface area contributed by atoms with Gasteiger partial charge in [0.1, 0.15) is 5.75 Å². The second kappa shape index (κ2) is 8.70. The van der Waals surface area contributed by atoms with Crippen LogP contribution in [-0.4, -0.2) is 37.4 Å². The van der Waals surface area contributed by atoms with Crippen molar-refractivity contribution < 1.29 is 32.2 Å². The SMILES string of the molecule is CCOC(=O)[C@@](NCc1ccccc1OC)(NC(=O)CC)C(F)(F)F. The van der Waals surface area contributed by atoms with Crippen LogP contribution < -0.4 is 15.4 Å². The van der Waals surface area contributed by atoms with Gasteiger partial charge in [-0.3, -0.25) is 10.1 Å². The molecular formula is C16H21F3N2O4. The highest BCUT2D eigenvalue weighted by molar-refractivity contribution is 5.88. The van der Waals surface area contributed by atoms with Crippen molar-refractivity contribution in [3.63, 3.8) is 0 Å². The summed E-state index contributed by atoms with van der Waals surface area (Å²) in [6.45, 7) is 2.10. The first-order valence-corrected chi connectivity index (χ1v) is 7.63. The molecule has 0 saturated carbocycles. The zero-order valence-electron chi connectivity index (χ0n) is 14.2. The Kier molecular flexibility index (Phi) is 7.22. The predicted octanol–water partition coefficient (Wildman–Crippen LogP) is 2.13. The first-order valence-electron chi connectivity index (χ1n) is 7.63. The number of halogens is 3. The highest BCUT2D eigenvalue weighted by Gasteiger charge is 2.62. The van der Waals surface area contributed by atoms with Crippen LogP contribution in [0, 0.1) is 0 Å². The summed E-state index contributed by atoms with van der Waals surface area (Å²) in [6, 6.07) is 6.38. The van der Waals surface area contributed by atoms with Crippen molar-refractivity contribution in [3.8, 4) is 5.75 Å². The van der Waals surface area contributed by atoms with Crippen molar-refractivity contribution in [2.45, 2.75) is 38.7 Å². The fraction of sp³-hybridized carbons (Fsp3) is 0.500. The van der Waals surface area contributed by atoms with Crippen LogP contribution >= 0.6 is 0 Å². The Labute approximate surface area is 143 Å². The lowest BCUT2D eigenvalue weighted by atomic mass is 10.1. The zero-order chi connectivity index (χ0) is 19.1. The third kappa shape index (κ3) is 4.85. The largest absolute Gasteiger partial charge is 0.496 e. The lowest BCUT2D eigenvalue weighted by Crippen LogP contribution is -2.72. The standard InChI is InChI=1S/C16H21F3N2O4/c1-4-13(22)21-15(16(17,18)19,14(23)25-5-2)20-10-11-8-6-7-9-12(11)24-3/h6-9,20H,4-5,10H2,1-3H3,(H,21,22)/t15-/m1/s1. The van der Waals surface area contributed by atoms with Crippen LogP contribution in [0.2, 0.25) is 0 Å². The van der Waals surface area contributed by atoms with Gasteiger partial charge in [0.15, 0.2) is 0 Å². The van der Waals surface area contributed by atoms with Crippen molar-refractivity contribution in [1.82, 2.24) is 10.6 Å². The van der Waals surface area contributed by atoms with E-state index in [1.54, 1.807) is 29.6 Å². The number of hydrogen-bond donors (Lipinski definition) is 2. The van der Waals surface area contributed by atoms with Crippen molar-refractivity contribution >= 4 is 11.9 Å². The van der Waals surface area contributed by atoms with Gasteiger partial charge in [0.05, 0.1) is 13.7 Å². The van der Waals surface area contributed by atoms with Crippen molar-refractivity contribution in [1.29, 1.82) is 0 Å². The number of alkyl halides is 3. The molecule has 9 heteroatoms. The van der Waals surface area contributed by atoms with Gasteiger partial charge >= 0.3 is 12.1 Å². The maximum atomic E-state index is 13.7. The first-order chi connectivity index (χ1) is 11.7. The van der Waals surface area contributed by atoms with Gasteiger partial charge in [-0.1, -0.05) is 25.1 Å². The molecule has 0 spiro atoms. The van der Waals surface area contributed by atoms with Crippen molar-refractivity contribution in [2.24, 2.45) is 0 Å². The van der Waals surface area contributed by atoms with Gasteiger partial charge in [0.25, 0.3) is 5.66 Å². The minimum absolute atomic E-state index is 0.229. The van der Waals surface area contributed by atoms with E-state index in [9.17, 15) is 22.8 Å². The predicted molar refractivity (Wildman–Crippen MR) is 83.7 cm³/mol. The monoisotopic (exact) mass is 362 g/mol. The quantitative estimate of drug-likeness (QED) is 0.547. The summed E-state index contributed by atoms with van der Waals surface area (Å²) in [7, 11) is 1.38. The van der Waals surface area contributed by atoms with Gasteiger partial charge in [0, 0.05) is 18.5 Å². The lowest BCUT2D eigenvalue weighted by molar-refractivity contribution is -0.222. The number of para-hydroxylation sites is 1. The van der Waals surface area contributed by atoms with Gasteiger partial charge in [-0.05, 0) is 13.0 Å². The molecule has 1 amide bonds. The smallest absolute Gasteiger partial charge is 0.436 e. The van der Waals surface area contributed by atoms with E-state index in [1.165, 1.54) is 21.0 Å². The summed E-state index contributed by atoms with van der Waals surface area (Å²) in [5.74, 6) is -2.23. The number of esters is 1. The molecule has 1 aromatic rings. The Balaban J connectivity index is 3.23. The van der Waals surface area contributed by atoms with Gasteiger partial charge in [-0.2, -0.15) is 13.2 Å². The molecule has 1 atom stereocenters. The summed E-state index contributed by atoms with van der Waals surface area (Å²) in [5, 5.41) is 3.82. The molecule has 0 aliphatic carbocycles. The zero-order valence-corrected chi connectivity index (χ0v) is 14.2. The van der Waals surface area contributed by atoms with E-state index < -0.39 is 23.7 Å². The van der Waals surface area contributed by atoms with E-state index in [0.29, 0.717) is 11.3 Å². The molecule has 6 nitrogen and oxygen atoms in total. The highest BCUT2D eigenvalue weighted by Crippen LogP contribution is 2.31. The lowest BCUT2D eigenvalue weighted by Gasteiger charge is -2.34. The van der Waals surface area contributed by atoms with Crippen LogP contribution in [0.1, 0.15) is 25.8 Å². The Bertz CT molecular complexity index is 607. The van der Waals surface area contributed by atoms with Gasteiger partial charge < -0.3 is 14.8 Å². The van der Waals surface area contributed by atoms with Crippen molar-refractivity contribution in [2.75, 3.05) is 13.7 Å². The number of carbonyl (C=O) groups is 2. The molecule has 0 aliphatic heterocycles. The second-order valence-electron chi connectivity index (χ2n) is 5.04. The molecule has 25 heavy (non-hydrogen) atoms. The minimum Gasteiger partial charge on any atom is -0.496 e. The maximum Gasteiger partial charge on any atom is 0.436 e. The minimum atomic E-state index is -5.12. The summed E-state index contributed by atoms with van der Waals surface area (Å²) < 4.78 is 50.8. The van der Waals surface area contributed by atoms with E-state index >= 15 is 0 Å². The molecule has 140 valence electrons. The molecule has 0 aromatic heterocycles. The van der Waals surface area contributed by atoms with E-state index in [0.717, 1.165) is 0 Å². The fourth-order valence-corrected chi connectivity index (χ4v) is 2.07. The Morgan fingerprint density at radius 3 is 2.32 bits per heavy atom. The molecule has 0 fully saturated rings. The molecular weight excluding hydrogens is 341 g/mol. The molecule has 0 aliphatic rings. The number of carbonyl (C=O) groups excluding carboxylic acids is 2. The average molecular weight is 362 g/mol.